The third-order valence-electron chi connectivity index (χ3n) is 2.92. The van der Waals surface area contributed by atoms with E-state index in [1.54, 1.807) is 12.1 Å². The van der Waals surface area contributed by atoms with E-state index in [0.29, 0.717) is 11.8 Å². The number of aromatic nitrogens is 2. The van der Waals surface area contributed by atoms with Gasteiger partial charge in [-0.05, 0) is 18.1 Å². The van der Waals surface area contributed by atoms with Gasteiger partial charge in [0, 0.05) is 12.0 Å². The number of hydrogen-bond acceptors (Lipinski definition) is 2. The molecule has 15 heavy (non-hydrogen) atoms. The monoisotopic (exact) mass is 204 g/mol. The van der Waals surface area contributed by atoms with E-state index in [-0.39, 0.29) is 5.75 Å². The average Bonchev–Trinajstić information content (AvgIpc) is 2.58. The summed E-state index contributed by atoms with van der Waals surface area (Å²) >= 11 is 0. The standard InChI is InChI=1S/C12H16N2O/c1-7(2)8(3)12-13-10-5-4-9(15)6-11(10)14-12/h4-8,15H,1-3H3,(H,13,14). The molecule has 0 aliphatic rings. The van der Waals surface area contributed by atoms with Crippen molar-refractivity contribution < 1.29 is 5.11 Å². The van der Waals surface area contributed by atoms with Crippen molar-refractivity contribution in [1.29, 1.82) is 0 Å². The van der Waals surface area contributed by atoms with Gasteiger partial charge in [0.05, 0.1) is 11.0 Å². The molecule has 1 aromatic carbocycles. The first kappa shape index (κ1) is 10.0. The van der Waals surface area contributed by atoms with E-state index in [0.717, 1.165) is 16.9 Å². The smallest absolute Gasteiger partial charge is 0.117 e. The number of nitrogens with zero attached hydrogens (tertiary/aromatic N) is 1. The molecule has 1 aromatic heterocycles. The van der Waals surface area contributed by atoms with Crippen LogP contribution in [0.2, 0.25) is 0 Å². The van der Waals surface area contributed by atoms with Crippen LogP contribution in [0, 0.1) is 5.92 Å². The Labute approximate surface area is 89.2 Å². The molecule has 2 N–H and O–H groups in total. The molecule has 0 saturated heterocycles. The van der Waals surface area contributed by atoms with Gasteiger partial charge in [0.1, 0.15) is 11.6 Å². The van der Waals surface area contributed by atoms with Crippen LogP contribution in [0.3, 0.4) is 0 Å². The van der Waals surface area contributed by atoms with Gasteiger partial charge in [-0.15, -0.1) is 0 Å². The van der Waals surface area contributed by atoms with E-state index in [2.05, 4.69) is 30.7 Å². The molecule has 0 fully saturated rings. The van der Waals surface area contributed by atoms with Crippen LogP contribution >= 0.6 is 0 Å². The second-order valence-electron chi connectivity index (χ2n) is 4.36. The predicted molar refractivity (Wildman–Crippen MR) is 61.0 cm³/mol. The van der Waals surface area contributed by atoms with Crippen LogP contribution in [0.5, 0.6) is 5.75 Å². The normalized spacial score (nSPS) is 13.6. The van der Waals surface area contributed by atoms with Crippen LogP contribution < -0.4 is 0 Å². The van der Waals surface area contributed by atoms with E-state index in [4.69, 9.17) is 0 Å². The predicted octanol–water partition coefficient (Wildman–Crippen LogP) is 3.03. The third-order valence-corrected chi connectivity index (χ3v) is 2.92. The summed E-state index contributed by atoms with van der Waals surface area (Å²) in [5.74, 6) is 2.22. The van der Waals surface area contributed by atoms with E-state index < -0.39 is 0 Å². The minimum absolute atomic E-state index is 0.273. The highest BCUT2D eigenvalue weighted by atomic mass is 16.3. The summed E-state index contributed by atoms with van der Waals surface area (Å²) in [5.41, 5.74) is 1.81. The average molecular weight is 204 g/mol. The zero-order valence-electron chi connectivity index (χ0n) is 9.28. The number of imidazole rings is 1. The highest BCUT2D eigenvalue weighted by Gasteiger charge is 2.14. The molecule has 0 spiro atoms. The summed E-state index contributed by atoms with van der Waals surface area (Å²) in [6.45, 7) is 6.51. The molecule has 1 unspecified atom stereocenters. The lowest BCUT2D eigenvalue weighted by Gasteiger charge is -2.11. The van der Waals surface area contributed by atoms with Crippen LogP contribution in [0.1, 0.15) is 32.5 Å². The molecule has 80 valence electrons. The molecule has 0 amide bonds. The first-order chi connectivity index (χ1) is 7.08. The molecule has 2 rings (SSSR count). The van der Waals surface area contributed by atoms with Gasteiger partial charge in [-0.25, -0.2) is 4.98 Å². The highest BCUT2D eigenvalue weighted by Crippen LogP contribution is 2.25. The maximum absolute atomic E-state index is 9.34. The molecule has 0 radical (unpaired) electrons. The zero-order chi connectivity index (χ0) is 11.0. The number of aromatic amines is 1. The molecule has 2 aromatic rings. The Morgan fingerprint density at radius 2 is 2.00 bits per heavy atom. The Hall–Kier alpha value is -1.51. The molecule has 3 nitrogen and oxygen atoms in total. The van der Waals surface area contributed by atoms with Gasteiger partial charge in [-0.1, -0.05) is 20.8 Å². The lowest BCUT2D eigenvalue weighted by atomic mass is 9.98. The van der Waals surface area contributed by atoms with E-state index in [1.165, 1.54) is 0 Å². The van der Waals surface area contributed by atoms with Crippen molar-refractivity contribution >= 4 is 11.0 Å². The summed E-state index contributed by atoms with van der Waals surface area (Å²) in [7, 11) is 0. The van der Waals surface area contributed by atoms with E-state index >= 15 is 0 Å². The fourth-order valence-electron chi connectivity index (χ4n) is 1.55. The molecular formula is C12H16N2O. The highest BCUT2D eigenvalue weighted by molar-refractivity contribution is 5.76. The number of phenolic OH excluding ortho intramolecular Hbond substituents is 1. The minimum atomic E-state index is 0.273. The lowest BCUT2D eigenvalue weighted by molar-refractivity contribution is 0.476. The largest absolute Gasteiger partial charge is 0.508 e. The zero-order valence-corrected chi connectivity index (χ0v) is 9.28. The van der Waals surface area contributed by atoms with Crippen LogP contribution in [-0.4, -0.2) is 15.1 Å². The first-order valence-corrected chi connectivity index (χ1v) is 5.26. The van der Waals surface area contributed by atoms with Crippen LogP contribution in [-0.2, 0) is 0 Å². The van der Waals surface area contributed by atoms with Gasteiger partial charge in [0.15, 0.2) is 0 Å². The number of rotatable bonds is 2. The van der Waals surface area contributed by atoms with Crippen molar-refractivity contribution in [3.8, 4) is 5.75 Å². The summed E-state index contributed by atoms with van der Waals surface area (Å²) in [6, 6.07) is 5.20. The third kappa shape index (κ3) is 1.82. The molecule has 0 aliphatic heterocycles. The number of benzene rings is 1. The maximum Gasteiger partial charge on any atom is 0.117 e. The summed E-state index contributed by atoms with van der Waals surface area (Å²) in [5, 5.41) is 9.34. The fraction of sp³-hybridized carbons (Fsp3) is 0.417. The molecular weight excluding hydrogens is 188 g/mol. The van der Waals surface area contributed by atoms with Gasteiger partial charge >= 0.3 is 0 Å². The molecule has 0 saturated carbocycles. The molecule has 3 heteroatoms. The Morgan fingerprint density at radius 1 is 1.27 bits per heavy atom. The lowest BCUT2D eigenvalue weighted by Crippen LogP contribution is -2.03. The van der Waals surface area contributed by atoms with Crippen LogP contribution in [0.15, 0.2) is 18.2 Å². The van der Waals surface area contributed by atoms with E-state index in [9.17, 15) is 5.11 Å². The molecule has 0 aliphatic carbocycles. The summed E-state index contributed by atoms with van der Waals surface area (Å²) < 4.78 is 0. The Kier molecular flexibility index (Phi) is 2.39. The van der Waals surface area contributed by atoms with Gasteiger partial charge in [0.25, 0.3) is 0 Å². The number of nitrogens with one attached hydrogen (secondary N) is 1. The van der Waals surface area contributed by atoms with Crippen molar-refractivity contribution in [3.63, 3.8) is 0 Å². The van der Waals surface area contributed by atoms with Crippen molar-refractivity contribution in [2.75, 3.05) is 0 Å². The fourth-order valence-corrected chi connectivity index (χ4v) is 1.55. The van der Waals surface area contributed by atoms with Crippen LogP contribution in [0.4, 0.5) is 0 Å². The van der Waals surface area contributed by atoms with Crippen molar-refractivity contribution in [2.24, 2.45) is 5.92 Å². The number of hydrogen-bond donors (Lipinski definition) is 2. The summed E-state index contributed by atoms with van der Waals surface area (Å²) in [6.07, 6.45) is 0. The first-order valence-electron chi connectivity index (χ1n) is 5.26. The maximum atomic E-state index is 9.34. The quantitative estimate of drug-likeness (QED) is 0.790. The van der Waals surface area contributed by atoms with Crippen molar-refractivity contribution in [2.45, 2.75) is 26.7 Å². The minimum Gasteiger partial charge on any atom is -0.508 e. The number of fused-ring (bicyclic) bond motifs is 1. The Balaban J connectivity index is 2.47. The van der Waals surface area contributed by atoms with Gasteiger partial charge in [0.2, 0.25) is 0 Å². The van der Waals surface area contributed by atoms with Gasteiger partial charge < -0.3 is 10.1 Å². The Bertz CT molecular complexity index is 473. The molecule has 1 heterocycles. The van der Waals surface area contributed by atoms with Crippen LogP contribution in [0.25, 0.3) is 11.0 Å². The number of aromatic hydroxyl groups is 1. The van der Waals surface area contributed by atoms with Gasteiger partial charge in [-0.2, -0.15) is 0 Å². The molecule has 0 bridgehead atoms. The van der Waals surface area contributed by atoms with Crippen molar-refractivity contribution in [1.82, 2.24) is 9.97 Å². The van der Waals surface area contributed by atoms with Gasteiger partial charge in [-0.3, -0.25) is 0 Å². The topological polar surface area (TPSA) is 48.9 Å². The number of phenols is 1. The van der Waals surface area contributed by atoms with Crippen molar-refractivity contribution in [3.05, 3.63) is 24.0 Å². The second-order valence-corrected chi connectivity index (χ2v) is 4.36. The molecule has 1 atom stereocenters. The SMILES string of the molecule is CC(C)C(C)c1nc2ccc(O)cc2[nH]1. The number of H-pyrrole nitrogens is 1. The Morgan fingerprint density at radius 3 is 2.67 bits per heavy atom. The van der Waals surface area contributed by atoms with E-state index in [1.807, 2.05) is 6.07 Å². The summed E-state index contributed by atoms with van der Waals surface area (Å²) in [4.78, 5) is 7.75. The second kappa shape index (κ2) is 3.57.